The predicted octanol–water partition coefficient (Wildman–Crippen LogP) is 1.61. The molecule has 2 aromatic rings. The molecule has 1 saturated heterocycles. The summed E-state index contributed by atoms with van der Waals surface area (Å²) in [6.07, 6.45) is 0. The smallest absolute Gasteiger partial charge is 0.253 e. The molecule has 24 heavy (non-hydrogen) atoms. The van der Waals surface area contributed by atoms with Gasteiger partial charge in [0, 0.05) is 31.6 Å². The number of nitrogens with one attached hydrogen (secondary N) is 1. The van der Waals surface area contributed by atoms with E-state index < -0.39 is 0 Å². The zero-order valence-electron chi connectivity index (χ0n) is 14.2. The fourth-order valence-corrected chi connectivity index (χ4v) is 2.86. The van der Waals surface area contributed by atoms with Gasteiger partial charge in [0.05, 0.1) is 37.1 Å². The molecule has 1 aliphatic heterocycles. The maximum atomic E-state index is 12.5. The number of amides is 1. The molecule has 1 N–H and O–H groups in total. The van der Waals surface area contributed by atoms with Crippen molar-refractivity contribution >= 4 is 16.8 Å². The van der Waals surface area contributed by atoms with Crippen LogP contribution in [0.4, 0.5) is 0 Å². The molecule has 3 rings (SSSR count). The number of benzene rings is 1. The van der Waals surface area contributed by atoms with Crippen LogP contribution in [0.25, 0.3) is 10.9 Å². The maximum Gasteiger partial charge on any atom is 0.253 e. The molecule has 128 valence electrons. The highest BCUT2D eigenvalue weighted by Crippen LogP contribution is 2.21. The van der Waals surface area contributed by atoms with Crippen LogP contribution >= 0.6 is 0 Å². The molecule has 0 radical (unpaired) electrons. The van der Waals surface area contributed by atoms with Gasteiger partial charge in [-0.3, -0.25) is 14.7 Å². The summed E-state index contributed by atoms with van der Waals surface area (Å²) in [6.45, 7) is 6.70. The van der Waals surface area contributed by atoms with Gasteiger partial charge in [-0.1, -0.05) is 0 Å². The second kappa shape index (κ2) is 7.59. The molecule has 1 aromatic carbocycles. The van der Waals surface area contributed by atoms with Crippen molar-refractivity contribution in [3.8, 4) is 5.75 Å². The number of rotatable bonds is 5. The standard InChI is InChI=1S/C18H23N3O3/c1-13-16(12-14-11-15(23-2)3-4-17(14)20-13)18(22)19-5-6-21-7-9-24-10-8-21/h3-4,11-12H,5-10H2,1-2H3,(H,19,22). The number of hydrogen-bond acceptors (Lipinski definition) is 5. The maximum absolute atomic E-state index is 12.5. The van der Waals surface area contributed by atoms with E-state index in [4.69, 9.17) is 9.47 Å². The molecule has 0 spiro atoms. The van der Waals surface area contributed by atoms with Crippen LogP contribution < -0.4 is 10.1 Å². The molecule has 1 fully saturated rings. The van der Waals surface area contributed by atoms with Crippen LogP contribution in [-0.4, -0.2) is 62.3 Å². The summed E-state index contributed by atoms with van der Waals surface area (Å²) in [7, 11) is 1.63. The van der Waals surface area contributed by atoms with Gasteiger partial charge in [-0.15, -0.1) is 0 Å². The van der Waals surface area contributed by atoms with E-state index >= 15 is 0 Å². The van der Waals surface area contributed by atoms with Gasteiger partial charge in [0.25, 0.3) is 5.91 Å². The lowest BCUT2D eigenvalue weighted by Crippen LogP contribution is -2.41. The van der Waals surface area contributed by atoms with Crippen molar-refractivity contribution in [3.63, 3.8) is 0 Å². The second-order valence-electron chi connectivity index (χ2n) is 5.89. The lowest BCUT2D eigenvalue weighted by atomic mass is 10.1. The fourth-order valence-electron chi connectivity index (χ4n) is 2.86. The SMILES string of the molecule is COc1ccc2nc(C)c(C(=O)NCCN3CCOCC3)cc2c1. The molecule has 1 aromatic heterocycles. The minimum absolute atomic E-state index is 0.0852. The number of carbonyl (C=O) groups is 1. The summed E-state index contributed by atoms with van der Waals surface area (Å²) in [5.41, 5.74) is 2.20. The third-order valence-corrected chi connectivity index (χ3v) is 4.27. The molecule has 1 aliphatic rings. The number of morpholine rings is 1. The monoisotopic (exact) mass is 329 g/mol. The van der Waals surface area contributed by atoms with E-state index in [2.05, 4.69) is 15.2 Å². The summed E-state index contributed by atoms with van der Waals surface area (Å²) in [6, 6.07) is 7.55. The van der Waals surface area contributed by atoms with Gasteiger partial charge in [0.2, 0.25) is 0 Å². The number of methoxy groups -OCH3 is 1. The Morgan fingerprint density at radius 1 is 1.33 bits per heavy atom. The van der Waals surface area contributed by atoms with Gasteiger partial charge < -0.3 is 14.8 Å². The van der Waals surface area contributed by atoms with Crippen LogP contribution in [0.5, 0.6) is 5.75 Å². The Labute approximate surface area is 141 Å². The lowest BCUT2D eigenvalue weighted by Gasteiger charge is -2.26. The van der Waals surface area contributed by atoms with Crippen LogP contribution in [0.1, 0.15) is 16.1 Å². The minimum Gasteiger partial charge on any atom is -0.497 e. The summed E-state index contributed by atoms with van der Waals surface area (Å²) < 4.78 is 10.6. The molecular formula is C18H23N3O3. The van der Waals surface area contributed by atoms with Gasteiger partial charge in [-0.25, -0.2) is 0 Å². The molecule has 0 saturated carbocycles. The van der Waals surface area contributed by atoms with E-state index in [1.165, 1.54) is 0 Å². The van der Waals surface area contributed by atoms with Crippen LogP contribution in [0.3, 0.4) is 0 Å². The Kier molecular flexibility index (Phi) is 5.27. The molecule has 2 heterocycles. The van der Waals surface area contributed by atoms with Gasteiger partial charge in [0.1, 0.15) is 5.75 Å². The molecule has 0 aliphatic carbocycles. The Morgan fingerprint density at radius 2 is 2.12 bits per heavy atom. The summed E-state index contributed by atoms with van der Waals surface area (Å²) in [4.78, 5) is 19.3. The van der Waals surface area contributed by atoms with Gasteiger partial charge in [0.15, 0.2) is 0 Å². The Morgan fingerprint density at radius 3 is 2.88 bits per heavy atom. The molecule has 0 atom stereocenters. The van der Waals surface area contributed by atoms with Gasteiger partial charge in [-0.2, -0.15) is 0 Å². The lowest BCUT2D eigenvalue weighted by molar-refractivity contribution is 0.0383. The normalized spacial score (nSPS) is 15.4. The molecule has 1 amide bonds. The highest BCUT2D eigenvalue weighted by Gasteiger charge is 2.14. The first-order valence-corrected chi connectivity index (χ1v) is 8.21. The van der Waals surface area contributed by atoms with Crippen LogP contribution in [-0.2, 0) is 4.74 Å². The first-order chi connectivity index (χ1) is 11.7. The number of aromatic nitrogens is 1. The number of nitrogens with zero attached hydrogens (tertiary/aromatic N) is 2. The predicted molar refractivity (Wildman–Crippen MR) is 92.6 cm³/mol. The molecular weight excluding hydrogens is 306 g/mol. The quantitative estimate of drug-likeness (QED) is 0.903. The van der Waals surface area contributed by atoms with Crippen molar-refractivity contribution in [2.45, 2.75) is 6.92 Å². The van der Waals surface area contributed by atoms with Crippen molar-refractivity contribution < 1.29 is 14.3 Å². The van der Waals surface area contributed by atoms with E-state index in [-0.39, 0.29) is 5.91 Å². The van der Waals surface area contributed by atoms with Gasteiger partial charge in [-0.05, 0) is 31.2 Å². The van der Waals surface area contributed by atoms with Crippen LogP contribution in [0.15, 0.2) is 24.3 Å². The van der Waals surface area contributed by atoms with Crippen molar-refractivity contribution in [2.24, 2.45) is 0 Å². The minimum atomic E-state index is -0.0852. The average molecular weight is 329 g/mol. The average Bonchev–Trinajstić information content (AvgIpc) is 2.61. The van der Waals surface area contributed by atoms with E-state index in [9.17, 15) is 4.79 Å². The zero-order chi connectivity index (χ0) is 16.9. The van der Waals surface area contributed by atoms with Crippen LogP contribution in [0, 0.1) is 6.92 Å². The summed E-state index contributed by atoms with van der Waals surface area (Å²) >= 11 is 0. The molecule has 0 unspecified atom stereocenters. The number of carbonyl (C=O) groups excluding carboxylic acids is 1. The van der Waals surface area contributed by atoms with E-state index in [1.807, 2.05) is 31.2 Å². The largest absolute Gasteiger partial charge is 0.497 e. The van der Waals surface area contributed by atoms with Crippen LogP contribution in [0.2, 0.25) is 0 Å². The number of ether oxygens (including phenoxy) is 2. The first-order valence-electron chi connectivity index (χ1n) is 8.21. The second-order valence-corrected chi connectivity index (χ2v) is 5.89. The van der Waals surface area contributed by atoms with Crippen molar-refractivity contribution in [1.29, 1.82) is 0 Å². The number of pyridine rings is 1. The third-order valence-electron chi connectivity index (χ3n) is 4.27. The molecule has 6 heteroatoms. The zero-order valence-corrected chi connectivity index (χ0v) is 14.2. The fraction of sp³-hybridized carbons (Fsp3) is 0.444. The van der Waals surface area contributed by atoms with E-state index in [0.29, 0.717) is 12.1 Å². The summed E-state index contributed by atoms with van der Waals surface area (Å²) in [5, 5.41) is 3.89. The number of fused-ring (bicyclic) bond motifs is 1. The first kappa shape index (κ1) is 16.7. The molecule has 0 bridgehead atoms. The Hall–Kier alpha value is -2.18. The Bertz CT molecular complexity index is 727. The third kappa shape index (κ3) is 3.83. The van der Waals surface area contributed by atoms with E-state index in [1.54, 1.807) is 7.11 Å². The highest BCUT2D eigenvalue weighted by molar-refractivity contribution is 5.98. The van der Waals surface area contributed by atoms with Crippen molar-refractivity contribution in [2.75, 3.05) is 46.5 Å². The highest BCUT2D eigenvalue weighted by atomic mass is 16.5. The van der Waals surface area contributed by atoms with Crippen molar-refractivity contribution in [3.05, 3.63) is 35.5 Å². The Balaban J connectivity index is 1.67. The number of aryl methyl sites for hydroxylation is 1. The van der Waals surface area contributed by atoms with E-state index in [0.717, 1.165) is 55.2 Å². The van der Waals surface area contributed by atoms with Gasteiger partial charge >= 0.3 is 0 Å². The number of hydrogen-bond donors (Lipinski definition) is 1. The van der Waals surface area contributed by atoms with Crippen molar-refractivity contribution in [1.82, 2.24) is 15.2 Å². The molecule has 6 nitrogen and oxygen atoms in total. The topological polar surface area (TPSA) is 63.7 Å². The summed E-state index contributed by atoms with van der Waals surface area (Å²) in [5.74, 6) is 0.671.